The van der Waals surface area contributed by atoms with Crippen LogP contribution in [-0.2, 0) is 17.8 Å². The molecule has 1 N–H and O–H groups in total. The SMILES string of the molecule is COc1ccc(C(=O)NCCc2nc3ccccc3n2CC(=O)N2CCCC2)cc1OC. The lowest BCUT2D eigenvalue weighted by Crippen LogP contribution is -2.32. The number of fused-ring (bicyclic) bond motifs is 1. The molecule has 0 saturated carbocycles. The Balaban J connectivity index is 1.46. The van der Waals surface area contributed by atoms with Gasteiger partial charge in [-0.25, -0.2) is 4.98 Å². The number of hydrogen-bond donors (Lipinski definition) is 1. The summed E-state index contributed by atoms with van der Waals surface area (Å²) in [7, 11) is 3.09. The fraction of sp³-hybridized carbons (Fsp3) is 0.375. The largest absolute Gasteiger partial charge is 0.493 e. The van der Waals surface area contributed by atoms with Crippen molar-refractivity contribution in [2.75, 3.05) is 33.9 Å². The zero-order chi connectivity index (χ0) is 22.5. The average Bonchev–Trinajstić information content (AvgIpc) is 3.47. The lowest BCUT2D eigenvalue weighted by atomic mass is 10.2. The van der Waals surface area contributed by atoms with E-state index in [1.807, 2.05) is 33.7 Å². The Labute approximate surface area is 187 Å². The van der Waals surface area contributed by atoms with Gasteiger partial charge in [0.2, 0.25) is 5.91 Å². The molecule has 0 spiro atoms. The minimum Gasteiger partial charge on any atom is -0.493 e. The monoisotopic (exact) mass is 436 g/mol. The van der Waals surface area contributed by atoms with Crippen LogP contribution < -0.4 is 14.8 Å². The van der Waals surface area contributed by atoms with Crippen LogP contribution in [0.2, 0.25) is 0 Å². The van der Waals surface area contributed by atoms with Crippen LogP contribution in [0.25, 0.3) is 11.0 Å². The molecule has 8 nitrogen and oxygen atoms in total. The number of likely N-dealkylation sites (tertiary alicyclic amines) is 1. The summed E-state index contributed by atoms with van der Waals surface area (Å²) >= 11 is 0. The molecule has 0 radical (unpaired) electrons. The van der Waals surface area contributed by atoms with Crippen molar-refractivity contribution in [1.29, 1.82) is 0 Å². The van der Waals surface area contributed by atoms with Crippen LogP contribution in [0.4, 0.5) is 0 Å². The Morgan fingerprint density at radius 1 is 1.03 bits per heavy atom. The summed E-state index contributed by atoms with van der Waals surface area (Å²) in [5.74, 6) is 1.76. The lowest BCUT2D eigenvalue weighted by molar-refractivity contribution is -0.130. The van der Waals surface area contributed by atoms with E-state index < -0.39 is 0 Å². The predicted octanol–water partition coefficient (Wildman–Crippen LogP) is 2.65. The Morgan fingerprint density at radius 3 is 2.53 bits per heavy atom. The Hall–Kier alpha value is -3.55. The molecule has 2 aromatic carbocycles. The van der Waals surface area contributed by atoms with E-state index in [0.717, 1.165) is 42.8 Å². The minimum atomic E-state index is -0.207. The molecule has 3 aromatic rings. The minimum absolute atomic E-state index is 0.112. The smallest absolute Gasteiger partial charge is 0.251 e. The topological polar surface area (TPSA) is 85.7 Å². The third-order valence-electron chi connectivity index (χ3n) is 5.77. The average molecular weight is 437 g/mol. The van der Waals surface area contributed by atoms with Crippen molar-refractivity contribution in [3.05, 3.63) is 53.9 Å². The summed E-state index contributed by atoms with van der Waals surface area (Å²) < 4.78 is 12.5. The molecule has 2 amide bonds. The van der Waals surface area contributed by atoms with Crippen molar-refractivity contribution in [3.8, 4) is 11.5 Å². The normalized spacial score (nSPS) is 13.4. The van der Waals surface area contributed by atoms with Crippen LogP contribution in [0, 0.1) is 0 Å². The van der Waals surface area contributed by atoms with Gasteiger partial charge in [-0.3, -0.25) is 9.59 Å². The van der Waals surface area contributed by atoms with Gasteiger partial charge < -0.3 is 24.3 Å². The van der Waals surface area contributed by atoms with Crippen molar-refractivity contribution >= 4 is 22.8 Å². The van der Waals surface area contributed by atoms with Crippen LogP contribution in [0.15, 0.2) is 42.5 Å². The van der Waals surface area contributed by atoms with Crippen molar-refractivity contribution in [2.24, 2.45) is 0 Å². The first-order chi connectivity index (χ1) is 15.6. The van der Waals surface area contributed by atoms with E-state index in [-0.39, 0.29) is 18.4 Å². The number of para-hydroxylation sites is 2. The molecular weight excluding hydrogens is 408 g/mol. The standard InChI is InChI=1S/C24H28N4O4/c1-31-20-10-9-17(15-21(20)32-2)24(30)25-12-11-22-26-18-7-3-4-8-19(18)28(22)16-23(29)27-13-5-6-14-27/h3-4,7-10,15H,5-6,11-14,16H2,1-2H3,(H,25,30). The molecule has 0 atom stereocenters. The zero-order valence-corrected chi connectivity index (χ0v) is 18.5. The number of benzene rings is 2. The Bertz CT molecular complexity index is 1120. The van der Waals surface area contributed by atoms with Gasteiger partial charge in [0.1, 0.15) is 12.4 Å². The summed E-state index contributed by atoms with van der Waals surface area (Å²) in [6.07, 6.45) is 2.64. The molecule has 1 aliphatic rings. The van der Waals surface area contributed by atoms with E-state index in [1.54, 1.807) is 25.3 Å². The highest BCUT2D eigenvalue weighted by Crippen LogP contribution is 2.27. The summed E-state index contributed by atoms with van der Waals surface area (Å²) in [5.41, 5.74) is 2.27. The summed E-state index contributed by atoms with van der Waals surface area (Å²) in [6.45, 7) is 2.30. The van der Waals surface area contributed by atoms with E-state index in [1.165, 1.54) is 7.11 Å². The van der Waals surface area contributed by atoms with Crippen LogP contribution in [-0.4, -0.2) is 60.1 Å². The summed E-state index contributed by atoms with van der Waals surface area (Å²) in [5, 5.41) is 2.93. The molecule has 0 unspecified atom stereocenters. The van der Waals surface area contributed by atoms with Crippen molar-refractivity contribution in [1.82, 2.24) is 19.8 Å². The van der Waals surface area contributed by atoms with Gasteiger partial charge in [-0.2, -0.15) is 0 Å². The Morgan fingerprint density at radius 2 is 1.78 bits per heavy atom. The number of aromatic nitrogens is 2. The molecule has 0 bridgehead atoms. The van der Waals surface area contributed by atoms with Gasteiger partial charge in [-0.05, 0) is 43.2 Å². The highest BCUT2D eigenvalue weighted by Gasteiger charge is 2.21. The number of imidazole rings is 1. The van der Waals surface area contributed by atoms with Crippen LogP contribution in [0.3, 0.4) is 0 Å². The maximum absolute atomic E-state index is 12.8. The fourth-order valence-electron chi connectivity index (χ4n) is 4.06. The van der Waals surface area contributed by atoms with E-state index >= 15 is 0 Å². The lowest BCUT2D eigenvalue weighted by Gasteiger charge is -2.17. The second kappa shape index (κ2) is 9.72. The highest BCUT2D eigenvalue weighted by molar-refractivity contribution is 5.94. The predicted molar refractivity (Wildman–Crippen MR) is 121 cm³/mol. The zero-order valence-electron chi connectivity index (χ0n) is 18.5. The third kappa shape index (κ3) is 4.54. The number of carbonyl (C=O) groups excluding carboxylic acids is 2. The van der Waals surface area contributed by atoms with E-state index in [9.17, 15) is 9.59 Å². The number of ether oxygens (including phenoxy) is 2. The van der Waals surface area contributed by atoms with Crippen molar-refractivity contribution < 1.29 is 19.1 Å². The maximum Gasteiger partial charge on any atom is 0.251 e. The molecule has 0 aliphatic carbocycles. The number of nitrogens with zero attached hydrogens (tertiary/aromatic N) is 3. The van der Waals surface area contributed by atoms with Crippen LogP contribution >= 0.6 is 0 Å². The first kappa shape index (κ1) is 21.7. The van der Waals surface area contributed by atoms with E-state index in [4.69, 9.17) is 14.5 Å². The van der Waals surface area contributed by atoms with E-state index in [0.29, 0.717) is 30.0 Å². The quantitative estimate of drug-likeness (QED) is 0.587. The number of amides is 2. The molecule has 1 fully saturated rings. The molecular formula is C24H28N4O4. The van der Waals surface area contributed by atoms with Crippen LogP contribution in [0.1, 0.15) is 29.0 Å². The molecule has 1 aliphatic heterocycles. The maximum atomic E-state index is 12.8. The molecule has 4 rings (SSSR count). The van der Waals surface area contributed by atoms with E-state index in [2.05, 4.69) is 5.32 Å². The molecule has 1 aromatic heterocycles. The molecule has 8 heteroatoms. The van der Waals surface area contributed by atoms with Gasteiger partial charge in [-0.1, -0.05) is 12.1 Å². The number of nitrogens with one attached hydrogen (secondary N) is 1. The first-order valence-corrected chi connectivity index (χ1v) is 10.8. The molecule has 1 saturated heterocycles. The summed E-state index contributed by atoms with van der Waals surface area (Å²) in [6, 6.07) is 12.9. The second-order valence-electron chi connectivity index (χ2n) is 7.77. The van der Waals surface area contributed by atoms with Gasteiger partial charge in [0, 0.05) is 31.6 Å². The molecule has 32 heavy (non-hydrogen) atoms. The number of rotatable bonds is 8. The third-order valence-corrected chi connectivity index (χ3v) is 5.77. The summed E-state index contributed by atoms with van der Waals surface area (Å²) in [4.78, 5) is 32.0. The number of carbonyl (C=O) groups is 2. The van der Waals surface area contributed by atoms with Gasteiger partial charge in [0.25, 0.3) is 5.91 Å². The second-order valence-corrected chi connectivity index (χ2v) is 7.77. The first-order valence-electron chi connectivity index (χ1n) is 10.8. The van der Waals surface area contributed by atoms with Crippen LogP contribution in [0.5, 0.6) is 11.5 Å². The fourth-order valence-corrected chi connectivity index (χ4v) is 4.06. The Kier molecular flexibility index (Phi) is 6.58. The van der Waals surface area contributed by atoms with Crippen molar-refractivity contribution in [2.45, 2.75) is 25.8 Å². The number of methoxy groups -OCH3 is 2. The molecule has 2 heterocycles. The number of hydrogen-bond acceptors (Lipinski definition) is 5. The molecule has 168 valence electrons. The van der Waals surface area contributed by atoms with Gasteiger partial charge in [0.15, 0.2) is 11.5 Å². The van der Waals surface area contributed by atoms with Gasteiger partial charge in [-0.15, -0.1) is 0 Å². The van der Waals surface area contributed by atoms with Gasteiger partial charge >= 0.3 is 0 Å². The van der Waals surface area contributed by atoms with Gasteiger partial charge in [0.05, 0.1) is 25.3 Å². The highest BCUT2D eigenvalue weighted by atomic mass is 16.5. The van der Waals surface area contributed by atoms with Crippen molar-refractivity contribution in [3.63, 3.8) is 0 Å².